The van der Waals surface area contributed by atoms with E-state index in [-0.39, 0.29) is 6.61 Å². The first-order valence-corrected chi connectivity index (χ1v) is 7.09. The third kappa shape index (κ3) is 4.39. The molecule has 1 heterocycles. The first-order chi connectivity index (χ1) is 7.52. The number of nitrogens with zero attached hydrogens (tertiary/aromatic N) is 2. The van der Waals surface area contributed by atoms with Crippen molar-refractivity contribution in [3.05, 3.63) is 16.5 Å². The zero-order chi connectivity index (χ0) is 12.1. The van der Waals surface area contributed by atoms with Crippen molar-refractivity contribution in [1.82, 2.24) is 9.97 Å². The summed E-state index contributed by atoms with van der Waals surface area (Å²) < 4.78 is 0.824. The predicted molar refractivity (Wildman–Crippen MR) is 70.8 cm³/mol. The lowest BCUT2D eigenvalue weighted by Gasteiger charge is -2.09. The SMILES string of the molecule is CC(CO)CSc1cc(Br)nc(C(C)C)n1. The molecule has 0 radical (unpaired) electrons. The smallest absolute Gasteiger partial charge is 0.133 e. The number of aromatic nitrogens is 2. The van der Waals surface area contributed by atoms with E-state index in [1.165, 1.54) is 0 Å². The average molecular weight is 305 g/mol. The number of hydrogen-bond acceptors (Lipinski definition) is 4. The Bertz CT molecular complexity index is 347. The fourth-order valence-corrected chi connectivity index (χ4v) is 2.49. The fraction of sp³-hybridized carbons (Fsp3) is 0.636. The van der Waals surface area contributed by atoms with Gasteiger partial charge in [-0.25, -0.2) is 9.97 Å². The lowest BCUT2D eigenvalue weighted by molar-refractivity contribution is 0.250. The molecule has 0 aliphatic carbocycles. The number of aliphatic hydroxyl groups is 1. The van der Waals surface area contributed by atoms with Crippen molar-refractivity contribution in [3.63, 3.8) is 0 Å². The molecule has 16 heavy (non-hydrogen) atoms. The van der Waals surface area contributed by atoms with E-state index in [1.807, 2.05) is 13.0 Å². The molecule has 1 aromatic heterocycles. The Balaban J connectivity index is 2.72. The van der Waals surface area contributed by atoms with Crippen LogP contribution in [0, 0.1) is 5.92 Å². The molecule has 0 fully saturated rings. The van der Waals surface area contributed by atoms with Gasteiger partial charge < -0.3 is 5.11 Å². The van der Waals surface area contributed by atoms with Gasteiger partial charge in [0, 0.05) is 24.3 Å². The van der Waals surface area contributed by atoms with Crippen molar-refractivity contribution in [2.75, 3.05) is 12.4 Å². The lowest BCUT2D eigenvalue weighted by atomic mass is 10.2. The largest absolute Gasteiger partial charge is 0.396 e. The number of hydrogen-bond donors (Lipinski definition) is 1. The lowest BCUT2D eigenvalue weighted by Crippen LogP contribution is -2.04. The Labute approximate surface area is 109 Å². The van der Waals surface area contributed by atoms with Crippen molar-refractivity contribution >= 4 is 27.7 Å². The van der Waals surface area contributed by atoms with Gasteiger partial charge in [0.05, 0.1) is 0 Å². The van der Waals surface area contributed by atoms with Gasteiger partial charge in [-0.3, -0.25) is 0 Å². The molecule has 1 rings (SSSR count). The number of aliphatic hydroxyl groups excluding tert-OH is 1. The number of thioether (sulfide) groups is 1. The molecular formula is C11H17BrN2OS. The Hall–Kier alpha value is -0.130. The summed E-state index contributed by atoms with van der Waals surface area (Å²) in [6.07, 6.45) is 0. The highest BCUT2D eigenvalue weighted by molar-refractivity contribution is 9.10. The minimum absolute atomic E-state index is 0.219. The highest BCUT2D eigenvalue weighted by Gasteiger charge is 2.08. The predicted octanol–water partition coefficient (Wildman–Crippen LogP) is 3.08. The van der Waals surface area contributed by atoms with Crippen LogP contribution in [0.15, 0.2) is 15.7 Å². The quantitative estimate of drug-likeness (QED) is 0.671. The number of rotatable bonds is 5. The molecule has 0 amide bonds. The van der Waals surface area contributed by atoms with E-state index >= 15 is 0 Å². The molecule has 1 aromatic rings. The molecular weight excluding hydrogens is 288 g/mol. The van der Waals surface area contributed by atoms with Crippen LogP contribution in [0.25, 0.3) is 0 Å². The van der Waals surface area contributed by atoms with Crippen molar-refractivity contribution in [1.29, 1.82) is 0 Å². The highest BCUT2D eigenvalue weighted by Crippen LogP contribution is 2.23. The monoisotopic (exact) mass is 304 g/mol. The topological polar surface area (TPSA) is 46.0 Å². The zero-order valence-electron chi connectivity index (χ0n) is 9.77. The first kappa shape index (κ1) is 13.9. The molecule has 1 N–H and O–H groups in total. The Morgan fingerprint density at radius 3 is 2.62 bits per heavy atom. The third-order valence-electron chi connectivity index (χ3n) is 2.03. The maximum Gasteiger partial charge on any atom is 0.133 e. The second-order valence-electron chi connectivity index (χ2n) is 4.14. The summed E-state index contributed by atoms with van der Waals surface area (Å²) in [4.78, 5) is 8.80. The highest BCUT2D eigenvalue weighted by atomic mass is 79.9. The number of halogens is 1. The van der Waals surface area contributed by atoms with Crippen LogP contribution in [0.5, 0.6) is 0 Å². The molecule has 0 aliphatic heterocycles. The van der Waals surface area contributed by atoms with Gasteiger partial charge in [-0.1, -0.05) is 20.8 Å². The summed E-state index contributed by atoms with van der Waals surface area (Å²) in [6.45, 7) is 6.39. The van der Waals surface area contributed by atoms with E-state index in [1.54, 1.807) is 11.8 Å². The molecule has 1 atom stereocenters. The third-order valence-corrected chi connectivity index (χ3v) is 3.68. The summed E-state index contributed by atoms with van der Waals surface area (Å²) in [7, 11) is 0. The normalized spacial score (nSPS) is 13.1. The van der Waals surface area contributed by atoms with Crippen LogP contribution in [-0.4, -0.2) is 27.4 Å². The maximum atomic E-state index is 8.95. The van der Waals surface area contributed by atoms with Crippen molar-refractivity contribution < 1.29 is 5.11 Å². The van der Waals surface area contributed by atoms with Crippen LogP contribution >= 0.6 is 27.7 Å². The van der Waals surface area contributed by atoms with Crippen LogP contribution in [0.4, 0.5) is 0 Å². The summed E-state index contributed by atoms with van der Waals surface area (Å²) in [5.74, 6) is 2.35. The molecule has 3 nitrogen and oxygen atoms in total. The molecule has 5 heteroatoms. The van der Waals surface area contributed by atoms with Crippen LogP contribution in [0.1, 0.15) is 32.5 Å². The molecule has 0 bridgehead atoms. The van der Waals surface area contributed by atoms with Gasteiger partial charge in [-0.15, -0.1) is 11.8 Å². The molecule has 0 saturated heterocycles. The van der Waals surface area contributed by atoms with Crippen molar-refractivity contribution in [3.8, 4) is 0 Å². The Morgan fingerprint density at radius 1 is 1.38 bits per heavy atom. The van der Waals surface area contributed by atoms with E-state index in [0.717, 1.165) is 21.2 Å². The molecule has 0 aromatic carbocycles. The van der Waals surface area contributed by atoms with Crippen molar-refractivity contribution in [2.45, 2.75) is 31.7 Å². The van der Waals surface area contributed by atoms with Gasteiger partial charge in [-0.2, -0.15) is 0 Å². The van der Waals surface area contributed by atoms with Crippen molar-refractivity contribution in [2.24, 2.45) is 5.92 Å². The van der Waals surface area contributed by atoms with Crippen LogP contribution in [0.2, 0.25) is 0 Å². The van der Waals surface area contributed by atoms with Gasteiger partial charge in [0.25, 0.3) is 0 Å². The van der Waals surface area contributed by atoms with Gasteiger partial charge in [0.2, 0.25) is 0 Å². The van der Waals surface area contributed by atoms with E-state index < -0.39 is 0 Å². The van der Waals surface area contributed by atoms with Crippen LogP contribution in [-0.2, 0) is 0 Å². The van der Waals surface area contributed by atoms with E-state index in [2.05, 4.69) is 39.7 Å². The molecule has 1 unspecified atom stereocenters. The maximum absolute atomic E-state index is 8.95. The van der Waals surface area contributed by atoms with Gasteiger partial charge in [-0.05, 0) is 21.8 Å². The van der Waals surface area contributed by atoms with Gasteiger partial charge in [0.1, 0.15) is 15.5 Å². The summed E-state index contributed by atoms with van der Waals surface area (Å²) in [5, 5.41) is 9.92. The first-order valence-electron chi connectivity index (χ1n) is 5.31. The molecule has 90 valence electrons. The van der Waals surface area contributed by atoms with Gasteiger partial charge in [0.15, 0.2) is 0 Å². The molecule has 0 spiro atoms. The summed E-state index contributed by atoms with van der Waals surface area (Å²) in [6, 6.07) is 1.92. The Kier molecular flexibility index (Phi) is 5.72. The standard InChI is InChI=1S/C11H17BrN2OS/c1-7(2)11-13-9(12)4-10(14-11)16-6-8(3)5-15/h4,7-8,15H,5-6H2,1-3H3. The summed E-state index contributed by atoms with van der Waals surface area (Å²) in [5.41, 5.74) is 0. The fourth-order valence-electron chi connectivity index (χ4n) is 1.03. The molecule has 0 saturated carbocycles. The van der Waals surface area contributed by atoms with Gasteiger partial charge >= 0.3 is 0 Å². The van der Waals surface area contributed by atoms with Crippen LogP contribution in [0.3, 0.4) is 0 Å². The van der Waals surface area contributed by atoms with E-state index in [4.69, 9.17) is 5.11 Å². The van der Waals surface area contributed by atoms with E-state index in [9.17, 15) is 0 Å². The molecule has 0 aliphatic rings. The second kappa shape index (κ2) is 6.57. The second-order valence-corrected chi connectivity index (χ2v) is 5.99. The zero-order valence-corrected chi connectivity index (χ0v) is 12.2. The van der Waals surface area contributed by atoms with Crippen LogP contribution < -0.4 is 0 Å². The van der Waals surface area contributed by atoms with E-state index in [0.29, 0.717) is 11.8 Å². The minimum Gasteiger partial charge on any atom is -0.396 e. The Morgan fingerprint density at radius 2 is 2.06 bits per heavy atom. The summed E-state index contributed by atoms with van der Waals surface area (Å²) >= 11 is 5.05. The minimum atomic E-state index is 0.219. The average Bonchev–Trinajstić information content (AvgIpc) is 2.25.